The number of amides is 1. The van der Waals surface area contributed by atoms with Crippen LogP contribution in [0, 0.1) is 10.1 Å². The number of hydrogen-bond acceptors (Lipinski definition) is 7. The van der Waals surface area contributed by atoms with Crippen LogP contribution in [0.5, 0.6) is 5.88 Å². The molecule has 2 rings (SSSR count). The maximum atomic E-state index is 12.1. The first-order valence-corrected chi connectivity index (χ1v) is 6.25. The van der Waals surface area contributed by atoms with Crippen LogP contribution in [0.2, 0.25) is 0 Å². The molecule has 22 heavy (non-hydrogen) atoms. The van der Waals surface area contributed by atoms with Crippen LogP contribution in [-0.2, 0) is 11.5 Å². The summed E-state index contributed by atoms with van der Waals surface area (Å²) in [6.45, 7) is 2.61. The molecule has 0 fully saturated rings. The predicted octanol–water partition coefficient (Wildman–Crippen LogP) is 0.769. The van der Waals surface area contributed by atoms with Gasteiger partial charge in [-0.15, -0.1) is 5.10 Å². The molecule has 1 amide bonds. The lowest BCUT2D eigenvalue weighted by atomic mass is 10.3. The van der Waals surface area contributed by atoms with Crippen LogP contribution in [0.4, 0.5) is 11.4 Å². The summed E-state index contributed by atoms with van der Waals surface area (Å²) in [7, 11) is 1.22. The molecule has 0 aliphatic carbocycles. The Hall–Kier alpha value is -2.95. The summed E-state index contributed by atoms with van der Waals surface area (Å²) in [6, 6.07) is 0. The fourth-order valence-corrected chi connectivity index (χ4v) is 1.67. The number of rotatable bonds is 7. The molecule has 2 heterocycles. The van der Waals surface area contributed by atoms with Crippen molar-refractivity contribution < 1.29 is 19.2 Å². The number of aromatic nitrogens is 4. The van der Waals surface area contributed by atoms with E-state index in [0.717, 1.165) is 0 Å². The smallest absolute Gasteiger partial charge is 0.362 e. The second kappa shape index (κ2) is 6.67. The summed E-state index contributed by atoms with van der Waals surface area (Å²) in [5, 5.41) is 23.3. The van der Waals surface area contributed by atoms with E-state index < -0.39 is 16.5 Å². The number of aromatic amines is 1. The zero-order valence-corrected chi connectivity index (χ0v) is 11.9. The summed E-state index contributed by atoms with van der Waals surface area (Å²) >= 11 is 0. The molecule has 118 valence electrons. The van der Waals surface area contributed by atoms with Crippen molar-refractivity contribution in [2.75, 3.05) is 19.0 Å². The van der Waals surface area contributed by atoms with Gasteiger partial charge in [0.2, 0.25) is 5.69 Å². The highest BCUT2D eigenvalue weighted by Gasteiger charge is 2.30. The molecule has 11 heteroatoms. The molecular weight excluding hydrogens is 296 g/mol. The largest absolute Gasteiger partial charge is 0.475 e. The second-order valence-corrected chi connectivity index (χ2v) is 4.06. The van der Waals surface area contributed by atoms with Crippen LogP contribution < -0.4 is 10.1 Å². The number of nitrogens with zero attached hydrogens (tertiary/aromatic N) is 4. The normalized spacial score (nSPS) is 10.5. The lowest BCUT2D eigenvalue weighted by Gasteiger charge is -2.01. The molecule has 0 spiro atoms. The van der Waals surface area contributed by atoms with Crippen molar-refractivity contribution in [3.63, 3.8) is 0 Å². The Bertz CT molecular complexity index is 678. The van der Waals surface area contributed by atoms with E-state index in [2.05, 4.69) is 20.6 Å². The Morgan fingerprint density at radius 1 is 1.59 bits per heavy atom. The quantitative estimate of drug-likeness (QED) is 0.569. The van der Waals surface area contributed by atoms with Gasteiger partial charge in [0.15, 0.2) is 0 Å². The third kappa shape index (κ3) is 3.20. The van der Waals surface area contributed by atoms with Gasteiger partial charge in [-0.05, 0) is 6.92 Å². The van der Waals surface area contributed by atoms with Crippen molar-refractivity contribution in [3.8, 4) is 5.88 Å². The zero-order valence-electron chi connectivity index (χ0n) is 11.9. The van der Waals surface area contributed by atoms with Gasteiger partial charge in [-0.2, -0.15) is 5.10 Å². The molecule has 0 aliphatic heterocycles. The minimum absolute atomic E-state index is 0.240. The zero-order chi connectivity index (χ0) is 16.1. The third-order valence-electron chi connectivity index (χ3n) is 2.63. The lowest BCUT2D eigenvalue weighted by Crippen LogP contribution is -2.14. The SMILES string of the molecule is CCOCn1cc(NC(=O)c2[nH]nc(OC)c2[N+](=O)[O-])cn1. The van der Waals surface area contributed by atoms with Crippen LogP contribution in [-0.4, -0.2) is 44.5 Å². The van der Waals surface area contributed by atoms with Gasteiger partial charge in [0, 0.05) is 6.61 Å². The van der Waals surface area contributed by atoms with Crippen molar-refractivity contribution in [3.05, 3.63) is 28.2 Å². The van der Waals surface area contributed by atoms with Gasteiger partial charge >= 0.3 is 11.6 Å². The number of hydrogen-bond donors (Lipinski definition) is 2. The molecule has 0 radical (unpaired) electrons. The number of ether oxygens (including phenoxy) is 2. The monoisotopic (exact) mass is 310 g/mol. The van der Waals surface area contributed by atoms with E-state index in [1.165, 1.54) is 24.2 Å². The van der Waals surface area contributed by atoms with Crippen LogP contribution in [0.3, 0.4) is 0 Å². The molecule has 2 N–H and O–H groups in total. The number of H-pyrrole nitrogens is 1. The van der Waals surface area contributed by atoms with Gasteiger partial charge in [-0.3, -0.25) is 20.0 Å². The Balaban J connectivity index is 2.14. The molecule has 0 atom stereocenters. The molecule has 2 aromatic heterocycles. The first-order valence-electron chi connectivity index (χ1n) is 6.25. The number of nitrogens with one attached hydrogen (secondary N) is 2. The lowest BCUT2D eigenvalue weighted by molar-refractivity contribution is -0.386. The number of methoxy groups -OCH3 is 1. The van der Waals surface area contributed by atoms with Gasteiger partial charge in [0.05, 0.1) is 30.1 Å². The Labute approximate surface area is 124 Å². The number of nitro groups is 1. The maximum Gasteiger partial charge on any atom is 0.362 e. The highest BCUT2D eigenvalue weighted by molar-refractivity contribution is 6.06. The van der Waals surface area contributed by atoms with Gasteiger partial charge in [0.1, 0.15) is 6.73 Å². The van der Waals surface area contributed by atoms with E-state index in [1.54, 1.807) is 0 Å². The maximum absolute atomic E-state index is 12.1. The molecular formula is C11H14N6O5. The van der Waals surface area contributed by atoms with Crippen molar-refractivity contribution in [1.29, 1.82) is 0 Å². The van der Waals surface area contributed by atoms with Crippen LogP contribution in [0.25, 0.3) is 0 Å². The van der Waals surface area contributed by atoms with Gasteiger partial charge in [-0.25, -0.2) is 4.68 Å². The van der Waals surface area contributed by atoms with Crippen LogP contribution in [0.1, 0.15) is 17.4 Å². The summed E-state index contributed by atoms with van der Waals surface area (Å²) < 4.78 is 11.4. The molecule has 0 bridgehead atoms. The number of carbonyl (C=O) groups is 1. The molecule has 0 saturated carbocycles. The molecule has 2 aromatic rings. The Morgan fingerprint density at radius 3 is 3.00 bits per heavy atom. The minimum atomic E-state index is -0.740. The molecule has 0 unspecified atom stereocenters. The van der Waals surface area contributed by atoms with Crippen molar-refractivity contribution in [1.82, 2.24) is 20.0 Å². The van der Waals surface area contributed by atoms with Crippen LogP contribution in [0.15, 0.2) is 12.4 Å². The topological polar surface area (TPSA) is 137 Å². The first kappa shape index (κ1) is 15.4. The van der Waals surface area contributed by atoms with Crippen molar-refractivity contribution in [2.45, 2.75) is 13.7 Å². The Morgan fingerprint density at radius 2 is 2.36 bits per heavy atom. The van der Waals surface area contributed by atoms with Gasteiger partial charge in [0.25, 0.3) is 5.91 Å². The van der Waals surface area contributed by atoms with Crippen LogP contribution >= 0.6 is 0 Å². The van der Waals surface area contributed by atoms with E-state index in [9.17, 15) is 14.9 Å². The fourth-order valence-electron chi connectivity index (χ4n) is 1.67. The molecule has 0 saturated heterocycles. The minimum Gasteiger partial charge on any atom is -0.475 e. The fraction of sp³-hybridized carbons (Fsp3) is 0.364. The summed E-state index contributed by atoms with van der Waals surface area (Å²) in [6.07, 6.45) is 2.93. The molecule has 11 nitrogen and oxygen atoms in total. The summed E-state index contributed by atoms with van der Waals surface area (Å²) in [5.41, 5.74) is -0.464. The summed E-state index contributed by atoms with van der Waals surface area (Å²) in [5.74, 6) is -0.986. The highest BCUT2D eigenvalue weighted by atomic mass is 16.6. The van der Waals surface area contributed by atoms with Gasteiger partial charge < -0.3 is 14.8 Å². The van der Waals surface area contributed by atoms with Crippen molar-refractivity contribution >= 4 is 17.3 Å². The van der Waals surface area contributed by atoms with Gasteiger partial charge in [-0.1, -0.05) is 0 Å². The van der Waals surface area contributed by atoms with E-state index in [-0.39, 0.29) is 18.3 Å². The van der Waals surface area contributed by atoms with Crippen molar-refractivity contribution in [2.24, 2.45) is 0 Å². The Kier molecular flexibility index (Phi) is 4.68. The second-order valence-electron chi connectivity index (χ2n) is 4.06. The van der Waals surface area contributed by atoms with E-state index in [1.807, 2.05) is 6.92 Å². The molecule has 0 aromatic carbocycles. The first-order chi connectivity index (χ1) is 10.6. The van der Waals surface area contributed by atoms with E-state index in [4.69, 9.17) is 9.47 Å². The summed E-state index contributed by atoms with van der Waals surface area (Å²) in [4.78, 5) is 22.3. The third-order valence-corrected chi connectivity index (χ3v) is 2.63. The van der Waals surface area contributed by atoms with E-state index in [0.29, 0.717) is 12.3 Å². The number of anilines is 1. The average molecular weight is 310 g/mol. The standard InChI is InChI=1S/C11H14N6O5/c1-3-22-6-16-5-7(4-12-16)13-10(18)8-9(17(19)20)11(21-2)15-14-8/h4-5H,3,6H2,1-2H3,(H,13,18)(H,14,15). The predicted molar refractivity (Wildman–Crippen MR) is 73.6 cm³/mol. The van der Waals surface area contributed by atoms with E-state index >= 15 is 0 Å². The number of carbonyl (C=O) groups excluding carboxylic acids is 1. The average Bonchev–Trinajstić information content (AvgIpc) is 3.11. The molecule has 0 aliphatic rings. The highest BCUT2D eigenvalue weighted by Crippen LogP contribution is 2.28.